The van der Waals surface area contributed by atoms with E-state index in [9.17, 15) is 24.3 Å². The van der Waals surface area contributed by atoms with Crippen molar-refractivity contribution in [1.82, 2.24) is 15.0 Å². The maximum Gasteiger partial charge on any atom is 0.321 e. The molecule has 2 aromatic carbocycles. The third-order valence-electron chi connectivity index (χ3n) is 8.81. The van der Waals surface area contributed by atoms with Crippen LogP contribution in [0.15, 0.2) is 47.0 Å². The number of aliphatic hydroxyl groups excluding tert-OH is 1. The number of likely N-dealkylation sites (N-methyl/N-ethyl adjacent to an activating group) is 1. The van der Waals surface area contributed by atoms with Crippen LogP contribution in [0, 0.1) is 19.8 Å². The highest BCUT2D eigenvalue weighted by atomic mass is 16.5. The highest BCUT2D eigenvalue weighted by Crippen LogP contribution is 2.30. The second-order valence-corrected chi connectivity index (χ2v) is 13.0. The summed E-state index contributed by atoms with van der Waals surface area (Å²) in [6.45, 7) is 7.49. The number of aromatic nitrogens is 1. The van der Waals surface area contributed by atoms with Crippen LogP contribution in [0.25, 0.3) is 0 Å². The molecule has 1 aromatic heterocycles. The van der Waals surface area contributed by atoms with Gasteiger partial charge in [0, 0.05) is 43.6 Å². The van der Waals surface area contributed by atoms with E-state index in [-0.39, 0.29) is 55.7 Å². The van der Waals surface area contributed by atoms with Crippen molar-refractivity contribution in [3.8, 4) is 5.75 Å². The molecule has 270 valence electrons. The van der Waals surface area contributed by atoms with E-state index in [1.165, 1.54) is 4.90 Å². The van der Waals surface area contributed by atoms with Crippen molar-refractivity contribution in [2.75, 3.05) is 48.4 Å². The molecule has 4 rings (SSSR count). The van der Waals surface area contributed by atoms with Crippen LogP contribution in [0.4, 0.5) is 27.5 Å². The van der Waals surface area contributed by atoms with E-state index in [4.69, 9.17) is 15.0 Å². The topological polar surface area (TPSA) is 192 Å². The second-order valence-electron chi connectivity index (χ2n) is 13.0. The largest absolute Gasteiger partial charge is 0.488 e. The number of rotatable bonds is 13. The zero-order valence-corrected chi connectivity index (χ0v) is 29.5. The number of fused-ring (bicyclic) bond motifs is 1. The van der Waals surface area contributed by atoms with Gasteiger partial charge in [-0.3, -0.25) is 14.4 Å². The second kappa shape index (κ2) is 17.5. The first kappa shape index (κ1) is 37.7. The van der Waals surface area contributed by atoms with Gasteiger partial charge in [0.1, 0.15) is 23.2 Å². The molecular formula is C36H49N7O7. The third-order valence-corrected chi connectivity index (χ3v) is 8.81. The number of aliphatic hydroxyl groups is 1. The SMILES string of the molecule is Cc1noc(C)c1NC(=O)N(C)C[C@@H]1Oc2ccc(NC(=O)CCCCCC(=O)Nc3ccccc3N)cc2CC(=O)N([C@H](C)CO)C[C@H]1C. The van der Waals surface area contributed by atoms with E-state index < -0.39 is 12.1 Å². The van der Waals surface area contributed by atoms with Gasteiger partial charge in [-0.05, 0) is 63.9 Å². The third kappa shape index (κ3) is 10.2. The molecule has 0 saturated heterocycles. The van der Waals surface area contributed by atoms with Crippen LogP contribution in [-0.4, -0.2) is 82.7 Å². The van der Waals surface area contributed by atoms with Crippen molar-refractivity contribution < 1.29 is 33.5 Å². The first-order valence-corrected chi connectivity index (χ1v) is 16.9. The maximum atomic E-state index is 13.6. The van der Waals surface area contributed by atoms with E-state index in [0.29, 0.717) is 77.7 Å². The first-order valence-electron chi connectivity index (χ1n) is 16.9. The number of nitrogens with zero attached hydrogens (tertiary/aromatic N) is 3. The molecule has 0 fully saturated rings. The Morgan fingerprint density at radius 1 is 1.06 bits per heavy atom. The molecule has 5 amide bonds. The summed E-state index contributed by atoms with van der Waals surface area (Å²) in [5.74, 6) is 0.258. The fourth-order valence-electron chi connectivity index (χ4n) is 5.74. The minimum atomic E-state index is -0.513. The number of anilines is 4. The van der Waals surface area contributed by atoms with Gasteiger partial charge in [0.2, 0.25) is 17.7 Å². The lowest BCUT2D eigenvalue weighted by atomic mass is 10.0. The smallest absolute Gasteiger partial charge is 0.321 e. The van der Waals surface area contributed by atoms with Gasteiger partial charge in [-0.2, -0.15) is 0 Å². The molecule has 1 aliphatic rings. The van der Waals surface area contributed by atoms with Crippen LogP contribution in [0.5, 0.6) is 5.75 Å². The fourth-order valence-corrected chi connectivity index (χ4v) is 5.74. The number of carbonyl (C=O) groups is 4. The molecular weight excluding hydrogens is 642 g/mol. The Kier molecular flexibility index (Phi) is 13.2. The van der Waals surface area contributed by atoms with Crippen molar-refractivity contribution in [2.24, 2.45) is 5.92 Å². The molecule has 14 heteroatoms. The van der Waals surface area contributed by atoms with Crippen LogP contribution in [0.1, 0.15) is 63.0 Å². The number of amides is 5. The molecule has 0 unspecified atom stereocenters. The summed E-state index contributed by atoms with van der Waals surface area (Å²) in [7, 11) is 1.66. The highest BCUT2D eigenvalue weighted by Gasteiger charge is 2.32. The predicted molar refractivity (Wildman–Crippen MR) is 191 cm³/mol. The number of nitrogens with two attached hydrogens (primary N) is 1. The molecule has 0 saturated carbocycles. The van der Waals surface area contributed by atoms with Crippen molar-refractivity contribution in [3.63, 3.8) is 0 Å². The average Bonchev–Trinajstić information content (AvgIpc) is 3.41. The van der Waals surface area contributed by atoms with Crippen LogP contribution in [-0.2, 0) is 20.8 Å². The van der Waals surface area contributed by atoms with Gasteiger partial charge in [0.25, 0.3) is 0 Å². The van der Waals surface area contributed by atoms with Crippen molar-refractivity contribution in [1.29, 1.82) is 0 Å². The number of unbranched alkanes of at least 4 members (excludes halogenated alkanes) is 2. The highest BCUT2D eigenvalue weighted by molar-refractivity contribution is 5.94. The minimum Gasteiger partial charge on any atom is -0.488 e. The molecule has 50 heavy (non-hydrogen) atoms. The van der Waals surface area contributed by atoms with Crippen molar-refractivity contribution >= 4 is 46.5 Å². The number of nitrogens with one attached hydrogen (secondary N) is 3. The molecule has 1 aliphatic heterocycles. The van der Waals surface area contributed by atoms with Crippen LogP contribution in [0.2, 0.25) is 0 Å². The summed E-state index contributed by atoms with van der Waals surface area (Å²) >= 11 is 0. The Morgan fingerprint density at radius 3 is 2.42 bits per heavy atom. The van der Waals surface area contributed by atoms with Gasteiger partial charge in [-0.25, -0.2) is 4.79 Å². The Labute approximate surface area is 292 Å². The number of urea groups is 1. The van der Waals surface area contributed by atoms with E-state index in [0.717, 1.165) is 0 Å². The molecule has 0 spiro atoms. The summed E-state index contributed by atoms with van der Waals surface area (Å²) in [6, 6.07) is 11.5. The zero-order chi connectivity index (χ0) is 36.4. The number of ether oxygens (including phenoxy) is 1. The van der Waals surface area contributed by atoms with E-state index in [1.54, 1.807) is 75.2 Å². The Balaban J connectivity index is 1.38. The summed E-state index contributed by atoms with van der Waals surface area (Å²) in [5.41, 5.74) is 9.15. The first-order chi connectivity index (χ1) is 23.9. The standard InChI is InChI=1S/C36H49N7O7/c1-22-19-43(23(2)21-44)34(47)18-26-17-27(38-32(45)13-7-6-8-14-33(46)39-29-12-10-9-11-28(29)37)15-16-30(26)49-31(22)20-42(5)36(48)40-35-24(3)41-50-25(35)4/h9-12,15-17,22-23,31,44H,6-8,13-14,18-21,37H2,1-5H3,(H,38,45)(H,39,46)(H,40,48)/t22-,23-,31+/m1/s1. The number of benzene rings is 2. The summed E-state index contributed by atoms with van der Waals surface area (Å²) in [4.78, 5) is 54.9. The molecule has 3 aromatic rings. The lowest BCUT2D eigenvalue weighted by Gasteiger charge is -2.34. The lowest BCUT2D eigenvalue weighted by Crippen LogP contribution is -2.48. The van der Waals surface area contributed by atoms with Crippen LogP contribution >= 0.6 is 0 Å². The molecule has 3 atom stereocenters. The van der Waals surface area contributed by atoms with Crippen molar-refractivity contribution in [2.45, 2.75) is 78.4 Å². The number of nitrogen functional groups attached to an aromatic ring is 1. The van der Waals surface area contributed by atoms with Crippen LogP contribution < -0.4 is 26.4 Å². The zero-order valence-electron chi connectivity index (χ0n) is 29.5. The summed E-state index contributed by atoms with van der Waals surface area (Å²) in [6.07, 6.45) is 2.00. The van der Waals surface area contributed by atoms with Gasteiger partial charge >= 0.3 is 6.03 Å². The van der Waals surface area contributed by atoms with Crippen molar-refractivity contribution in [3.05, 3.63) is 59.5 Å². The molecule has 0 aliphatic carbocycles. The van der Waals surface area contributed by atoms with Gasteiger partial charge in [-0.15, -0.1) is 0 Å². The monoisotopic (exact) mass is 691 g/mol. The average molecular weight is 692 g/mol. The fraction of sp³-hybridized carbons (Fsp3) is 0.472. The van der Waals surface area contributed by atoms with E-state index in [2.05, 4.69) is 21.1 Å². The Morgan fingerprint density at radius 2 is 1.76 bits per heavy atom. The van der Waals surface area contributed by atoms with Crippen LogP contribution in [0.3, 0.4) is 0 Å². The molecule has 2 heterocycles. The quantitative estimate of drug-likeness (QED) is 0.125. The lowest BCUT2D eigenvalue weighted by molar-refractivity contribution is -0.134. The van der Waals surface area contributed by atoms with Gasteiger partial charge in [0.15, 0.2) is 5.76 Å². The molecule has 6 N–H and O–H groups in total. The molecule has 14 nitrogen and oxygen atoms in total. The number of hydrogen-bond donors (Lipinski definition) is 5. The number of carbonyl (C=O) groups excluding carboxylic acids is 4. The predicted octanol–water partition coefficient (Wildman–Crippen LogP) is 4.71. The number of aryl methyl sites for hydroxylation is 2. The van der Waals surface area contributed by atoms with E-state index >= 15 is 0 Å². The van der Waals surface area contributed by atoms with E-state index in [1.807, 2.05) is 6.92 Å². The Bertz CT molecular complexity index is 1640. The summed E-state index contributed by atoms with van der Waals surface area (Å²) in [5, 5.41) is 22.4. The minimum absolute atomic E-state index is 0.00187. The van der Waals surface area contributed by atoms with Gasteiger partial charge in [0.05, 0.1) is 37.0 Å². The Hall–Kier alpha value is -5.11. The normalized spacial score (nSPS) is 16.6. The number of hydrogen-bond acceptors (Lipinski definition) is 9. The molecule has 0 bridgehead atoms. The number of para-hydroxylation sites is 2. The van der Waals surface area contributed by atoms with Gasteiger partial charge in [-0.1, -0.05) is 30.6 Å². The maximum absolute atomic E-state index is 13.6. The van der Waals surface area contributed by atoms with Gasteiger partial charge < -0.3 is 45.9 Å². The molecule has 0 radical (unpaired) electrons. The summed E-state index contributed by atoms with van der Waals surface area (Å²) < 4.78 is 11.7.